The first kappa shape index (κ1) is 13.8. The molecule has 3 aromatic rings. The molecule has 0 amide bonds. The normalized spacial score (nSPS) is 11.8. The Morgan fingerprint density at radius 2 is 1.90 bits per heavy atom. The second-order valence-corrected chi connectivity index (χ2v) is 7.02. The smallest absolute Gasteiger partial charge is 0.261 e. The third-order valence-electron chi connectivity index (χ3n) is 2.95. The van der Waals surface area contributed by atoms with Crippen LogP contribution in [-0.2, 0) is 0 Å². The standard InChI is InChI=1S/C16H17N3OS/c1-16(2,3)19-15-17-13(20)11-9-12(21-14(11)18-15)10-7-5-4-6-8-10/h4-9H,1-3H3,(H2,17,18,19,20). The number of H-pyrrole nitrogens is 1. The van der Waals surface area contributed by atoms with Crippen LogP contribution in [-0.4, -0.2) is 15.5 Å². The van der Waals surface area contributed by atoms with Gasteiger partial charge in [0.15, 0.2) is 0 Å². The first-order valence-corrected chi connectivity index (χ1v) is 7.61. The Hall–Kier alpha value is -2.14. The van der Waals surface area contributed by atoms with Crippen LogP contribution in [0.2, 0.25) is 0 Å². The number of nitrogens with one attached hydrogen (secondary N) is 2. The molecule has 0 radical (unpaired) electrons. The molecule has 0 fully saturated rings. The first-order valence-electron chi connectivity index (χ1n) is 6.80. The van der Waals surface area contributed by atoms with E-state index in [0.717, 1.165) is 15.3 Å². The van der Waals surface area contributed by atoms with E-state index in [1.165, 1.54) is 11.3 Å². The topological polar surface area (TPSA) is 57.8 Å². The van der Waals surface area contributed by atoms with E-state index in [-0.39, 0.29) is 11.1 Å². The molecular weight excluding hydrogens is 282 g/mol. The number of nitrogens with zero attached hydrogens (tertiary/aromatic N) is 1. The van der Waals surface area contributed by atoms with Gasteiger partial charge in [-0.3, -0.25) is 9.78 Å². The number of fused-ring (bicyclic) bond motifs is 1. The van der Waals surface area contributed by atoms with Crippen LogP contribution >= 0.6 is 11.3 Å². The van der Waals surface area contributed by atoms with Gasteiger partial charge >= 0.3 is 0 Å². The van der Waals surface area contributed by atoms with E-state index in [9.17, 15) is 4.79 Å². The van der Waals surface area contributed by atoms with E-state index in [1.54, 1.807) is 0 Å². The van der Waals surface area contributed by atoms with Gasteiger partial charge < -0.3 is 5.32 Å². The van der Waals surface area contributed by atoms with Crippen LogP contribution in [0.25, 0.3) is 20.7 Å². The van der Waals surface area contributed by atoms with Crippen molar-refractivity contribution in [2.45, 2.75) is 26.3 Å². The molecule has 3 rings (SSSR count). The largest absolute Gasteiger partial charge is 0.351 e. The van der Waals surface area contributed by atoms with Gasteiger partial charge in [-0.25, -0.2) is 4.98 Å². The van der Waals surface area contributed by atoms with Crippen LogP contribution in [0.3, 0.4) is 0 Å². The van der Waals surface area contributed by atoms with Crippen molar-refractivity contribution in [3.05, 3.63) is 46.8 Å². The highest BCUT2D eigenvalue weighted by atomic mass is 32.1. The molecule has 0 aliphatic heterocycles. The number of hydrogen-bond acceptors (Lipinski definition) is 4. The second kappa shape index (κ2) is 5.00. The van der Waals surface area contributed by atoms with Crippen LogP contribution in [0.4, 0.5) is 5.95 Å². The van der Waals surface area contributed by atoms with E-state index >= 15 is 0 Å². The number of aromatic nitrogens is 2. The van der Waals surface area contributed by atoms with Gasteiger partial charge in [-0.1, -0.05) is 30.3 Å². The Bertz CT molecular complexity index is 828. The molecule has 0 unspecified atom stereocenters. The molecule has 2 heterocycles. The number of benzene rings is 1. The maximum atomic E-state index is 12.2. The Balaban J connectivity index is 2.10. The van der Waals surface area contributed by atoms with Crippen LogP contribution in [0, 0.1) is 0 Å². The molecule has 2 N–H and O–H groups in total. The Morgan fingerprint density at radius 3 is 2.57 bits per heavy atom. The van der Waals surface area contributed by atoms with Crippen molar-refractivity contribution >= 4 is 27.5 Å². The maximum Gasteiger partial charge on any atom is 0.261 e. The summed E-state index contributed by atoms with van der Waals surface area (Å²) in [5.74, 6) is 0.515. The molecule has 21 heavy (non-hydrogen) atoms. The van der Waals surface area contributed by atoms with Crippen LogP contribution < -0.4 is 10.9 Å². The SMILES string of the molecule is CC(C)(C)Nc1nc2sc(-c3ccccc3)cc2c(=O)[nH]1. The summed E-state index contributed by atoms with van der Waals surface area (Å²) in [5.41, 5.74) is 0.846. The molecular formula is C16H17N3OS. The first-order chi connectivity index (χ1) is 9.92. The van der Waals surface area contributed by atoms with Gasteiger partial charge in [-0.2, -0.15) is 0 Å². The van der Waals surface area contributed by atoms with E-state index in [4.69, 9.17) is 0 Å². The van der Waals surface area contributed by atoms with Gasteiger partial charge in [0.25, 0.3) is 5.56 Å². The predicted molar refractivity (Wildman–Crippen MR) is 89.1 cm³/mol. The van der Waals surface area contributed by atoms with Gasteiger partial charge in [0.2, 0.25) is 5.95 Å². The molecule has 2 aromatic heterocycles. The highest BCUT2D eigenvalue weighted by Crippen LogP contribution is 2.31. The van der Waals surface area contributed by atoms with Crippen molar-refractivity contribution in [2.75, 3.05) is 5.32 Å². The molecule has 0 spiro atoms. The fourth-order valence-corrected chi connectivity index (χ4v) is 3.13. The number of rotatable bonds is 2. The van der Waals surface area contributed by atoms with Crippen molar-refractivity contribution in [2.24, 2.45) is 0 Å². The second-order valence-electron chi connectivity index (χ2n) is 5.99. The number of thiophene rings is 1. The summed E-state index contributed by atoms with van der Waals surface area (Å²) in [6.07, 6.45) is 0. The molecule has 5 heteroatoms. The summed E-state index contributed by atoms with van der Waals surface area (Å²) >= 11 is 1.53. The molecule has 0 saturated heterocycles. The van der Waals surface area contributed by atoms with Crippen LogP contribution in [0.5, 0.6) is 0 Å². The van der Waals surface area contributed by atoms with Crippen molar-refractivity contribution in [1.29, 1.82) is 0 Å². The lowest BCUT2D eigenvalue weighted by molar-refractivity contribution is 0.626. The van der Waals surface area contributed by atoms with Gasteiger partial charge in [-0.15, -0.1) is 11.3 Å². The van der Waals surface area contributed by atoms with Crippen molar-refractivity contribution < 1.29 is 0 Å². The molecule has 1 aromatic carbocycles. The average molecular weight is 299 g/mol. The summed E-state index contributed by atoms with van der Waals surface area (Å²) in [6, 6.07) is 11.9. The predicted octanol–water partition coefficient (Wildman–Crippen LogP) is 3.86. The molecule has 0 atom stereocenters. The number of hydrogen-bond donors (Lipinski definition) is 2. The fourth-order valence-electron chi connectivity index (χ4n) is 2.09. The van der Waals surface area contributed by atoms with Gasteiger partial charge in [0.05, 0.1) is 5.39 Å². The minimum Gasteiger partial charge on any atom is -0.351 e. The quantitative estimate of drug-likeness (QED) is 0.755. The lowest BCUT2D eigenvalue weighted by Gasteiger charge is -2.20. The maximum absolute atomic E-state index is 12.2. The highest BCUT2D eigenvalue weighted by molar-refractivity contribution is 7.21. The monoisotopic (exact) mass is 299 g/mol. The van der Waals surface area contributed by atoms with Crippen molar-refractivity contribution in [3.8, 4) is 10.4 Å². The van der Waals surface area contributed by atoms with Crippen molar-refractivity contribution in [1.82, 2.24) is 9.97 Å². The summed E-state index contributed by atoms with van der Waals surface area (Å²) < 4.78 is 0. The third kappa shape index (κ3) is 2.97. The molecule has 0 bridgehead atoms. The zero-order chi connectivity index (χ0) is 15.0. The average Bonchev–Trinajstić information content (AvgIpc) is 2.82. The Morgan fingerprint density at radius 1 is 1.19 bits per heavy atom. The number of aromatic amines is 1. The lowest BCUT2D eigenvalue weighted by atomic mass is 10.1. The zero-order valence-electron chi connectivity index (χ0n) is 12.2. The Labute approximate surface area is 126 Å². The van der Waals surface area contributed by atoms with E-state index in [2.05, 4.69) is 15.3 Å². The minimum absolute atomic E-state index is 0.106. The summed E-state index contributed by atoms with van der Waals surface area (Å²) in [5, 5.41) is 3.84. The molecule has 108 valence electrons. The van der Waals surface area contributed by atoms with Gasteiger partial charge in [0, 0.05) is 10.4 Å². The Kier molecular flexibility index (Phi) is 3.29. The van der Waals surface area contributed by atoms with Crippen LogP contribution in [0.1, 0.15) is 20.8 Å². The lowest BCUT2D eigenvalue weighted by Crippen LogP contribution is -2.28. The zero-order valence-corrected chi connectivity index (χ0v) is 13.0. The highest BCUT2D eigenvalue weighted by Gasteiger charge is 2.14. The molecule has 0 aliphatic carbocycles. The number of anilines is 1. The van der Waals surface area contributed by atoms with Crippen LogP contribution in [0.15, 0.2) is 41.2 Å². The van der Waals surface area contributed by atoms with Gasteiger partial charge in [-0.05, 0) is 32.4 Å². The van der Waals surface area contributed by atoms with E-state index in [0.29, 0.717) is 11.3 Å². The third-order valence-corrected chi connectivity index (χ3v) is 4.03. The van der Waals surface area contributed by atoms with Crippen molar-refractivity contribution in [3.63, 3.8) is 0 Å². The summed E-state index contributed by atoms with van der Waals surface area (Å²) in [4.78, 5) is 21.3. The molecule has 4 nitrogen and oxygen atoms in total. The summed E-state index contributed by atoms with van der Waals surface area (Å²) in [6.45, 7) is 6.09. The molecule has 0 aliphatic rings. The van der Waals surface area contributed by atoms with E-state index in [1.807, 2.05) is 57.2 Å². The summed E-state index contributed by atoms with van der Waals surface area (Å²) in [7, 11) is 0. The molecule has 0 saturated carbocycles. The minimum atomic E-state index is -0.150. The fraction of sp³-hybridized carbons (Fsp3) is 0.250. The van der Waals surface area contributed by atoms with Gasteiger partial charge in [0.1, 0.15) is 4.83 Å². The van der Waals surface area contributed by atoms with E-state index < -0.39 is 0 Å².